The average Bonchev–Trinajstić information content (AvgIpc) is 2.40. The molecule has 0 radical (unpaired) electrons. The van der Waals surface area contributed by atoms with E-state index < -0.39 is 0 Å². The summed E-state index contributed by atoms with van der Waals surface area (Å²) in [5, 5.41) is 10.5. The van der Waals surface area contributed by atoms with E-state index in [2.05, 4.69) is 24.3 Å². The van der Waals surface area contributed by atoms with Crippen LogP contribution < -0.4 is 0 Å². The summed E-state index contributed by atoms with van der Waals surface area (Å²) in [5.41, 5.74) is 2.30. The molecule has 0 aromatic heterocycles. The minimum atomic E-state index is -0.292. The van der Waals surface area contributed by atoms with E-state index in [0.29, 0.717) is 11.8 Å². The molecular weight excluding hydrogens is 208 g/mol. The minimum Gasteiger partial charge on any atom is -0.388 e. The molecule has 3 rings (SSSR count). The summed E-state index contributed by atoms with van der Waals surface area (Å²) >= 11 is 0. The molecule has 0 bridgehead atoms. The molecule has 2 aliphatic carbocycles. The van der Waals surface area contributed by atoms with Crippen molar-refractivity contribution < 1.29 is 5.11 Å². The highest BCUT2D eigenvalue weighted by Gasteiger charge is 2.31. The van der Waals surface area contributed by atoms with Gasteiger partial charge in [-0.1, -0.05) is 55.7 Å². The maximum Gasteiger partial charge on any atom is 0.0861 e. The SMILES string of the molecule is O[C@@H]1c2ccccc2C=C[C@H]1C1CCCCC1. The summed E-state index contributed by atoms with van der Waals surface area (Å²) < 4.78 is 0. The van der Waals surface area contributed by atoms with E-state index in [-0.39, 0.29) is 6.10 Å². The highest BCUT2D eigenvalue weighted by molar-refractivity contribution is 5.57. The lowest BCUT2D eigenvalue weighted by Crippen LogP contribution is -2.24. The summed E-state index contributed by atoms with van der Waals surface area (Å²) in [6.07, 6.45) is 10.8. The van der Waals surface area contributed by atoms with Crippen molar-refractivity contribution in [1.29, 1.82) is 0 Å². The second-order valence-electron chi connectivity index (χ2n) is 5.41. The van der Waals surface area contributed by atoms with Crippen molar-refractivity contribution in [3.8, 4) is 0 Å². The third kappa shape index (κ3) is 2.04. The topological polar surface area (TPSA) is 20.2 Å². The third-order valence-electron chi connectivity index (χ3n) is 4.37. The number of hydrogen-bond acceptors (Lipinski definition) is 1. The van der Waals surface area contributed by atoms with E-state index in [1.807, 2.05) is 12.1 Å². The number of aliphatic hydroxyl groups is 1. The lowest BCUT2D eigenvalue weighted by molar-refractivity contribution is 0.0834. The Kier molecular flexibility index (Phi) is 3.02. The molecule has 0 saturated heterocycles. The minimum absolute atomic E-state index is 0.292. The summed E-state index contributed by atoms with van der Waals surface area (Å²) in [7, 11) is 0. The van der Waals surface area contributed by atoms with Crippen molar-refractivity contribution in [2.75, 3.05) is 0 Å². The van der Waals surface area contributed by atoms with Gasteiger partial charge in [-0.3, -0.25) is 0 Å². The first-order chi connectivity index (χ1) is 8.36. The van der Waals surface area contributed by atoms with Crippen LogP contribution in [0.2, 0.25) is 0 Å². The van der Waals surface area contributed by atoms with Gasteiger partial charge < -0.3 is 5.11 Å². The van der Waals surface area contributed by atoms with Gasteiger partial charge in [0.05, 0.1) is 6.10 Å². The fraction of sp³-hybridized carbons (Fsp3) is 0.500. The monoisotopic (exact) mass is 228 g/mol. The normalized spacial score (nSPS) is 29.0. The predicted molar refractivity (Wildman–Crippen MR) is 70.5 cm³/mol. The van der Waals surface area contributed by atoms with E-state index in [0.717, 1.165) is 5.56 Å². The van der Waals surface area contributed by atoms with Crippen LogP contribution in [0.4, 0.5) is 0 Å². The van der Waals surface area contributed by atoms with Gasteiger partial charge in [-0.25, -0.2) is 0 Å². The first-order valence-electron chi connectivity index (χ1n) is 6.81. The summed E-state index contributed by atoms with van der Waals surface area (Å²) in [6, 6.07) is 8.22. The Morgan fingerprint density at radius 1 is 1.00 bits per heavy atom. The van der Waals surface area contributed by atoms with E-state index in [4.69, 9.17) is 0 Å². The van der Waals surface area contributed by atoms with Crippen LogP contribution in [0, 0.1) is 11.8 Å². The Balaban J connectivity index is 1.85. The van der Waals surface area contributed by atoms with Gasteiger partial charge in [-0.2, -0.15) is 0 Å². The van der Waals surface area contributed by atoms with Crippen molar-refractivity contribution in [1.82, 2.24) is 0 Å². The molecule has 0 unspecified atom stereocenters. The van der Waals surface area contributed by atoms with Gasteiger partial charge in [-0.15, -0.1) is 0 Å². The fourth-order valence-electron chi connectivity index (χ4n) is 3.39. The molecule has 2 aliphatic rings. The zero-order valence-corrected chi connectivity index (χ0v) is 10.2. The first kappa shape index (κ1) is 11.0. The van der Waals surface area contributed by atoms with Gasteiger partial charge in [0.2, 0.25) is 0 Å². The molecule has 0 amide bonds. The van der Waals surface area contributed by atoms with Crippen LogP contribution in [-0.4, -0.2) is 5.11 Å². The van der Waals surface area contributed by atoms with Crippen LogP contribution in [0.1, 0.15) is 49.3 Å². The number of aliphatic hydroxyl groups excluding tert-OH is 1. The van der Waals surface area contributed by atoms with Gasteiger partial charge in [0, 0.05) is 5.92 Å². The largest absolute Gasteiger partial charge is 0.388 e. The van der Waals surface area contributed by atoms with Crippen LogP contribution in [0.15, 0.2) is 30.3 Å². The summed E-state index contributed by atoms with van der Waals surface area (Å²) in [4.78, 5) is 0. The Hall–Kier alpha value is -1.08. The van der Waals surface area contributed by atoms with Crippen LogP contribution in [-0.2, 0) is 0 Å². The van der Waals surface area contributed by atoms with Crippen molar-refractivity contribution >= 4 is 6.08 Å². The van der Waals surface area contributed by atoms with Crippen molar-refractivity contribution in [2.45, 2.75) is 38.2 Å². The molecule has 2 atom stereocenters. The van der Waals surface area contributed by atoms with E-state index in [9.17, 15) is 5.11 Å². The summed E-state index contributed by atoms with van der Waals surface area (Å²) in [6.45, 7) is 0. The zero-order valence-electron chi connectivity index (χ0n) is 10.2. The van der Waals surface area contributed by atoms with Crippen molar-refractivity contribution in [3.05, 3.63) is 41.5 Å². The third-order valence-corrected chi connectivity index (χ3v) is 4.37. The highest BCUT2D eigenvalue weighted by atomic mass is 16.3. The molecule has 0 aliphatic heterocycles. The average molecular weight is 228 g/mol. The molecule has 1 heteroatoms. The highest BCUT2D eigenvalue weighted by Crippen LogP contribution is 2.41. The molecule has 0 heterocycles. The van der Waals surface area contributed by atoms with Gasteiger partial charge in [0.25, 0.3) is 0 Å². The molecular formula is C16H20O. The quantitative estimate of drug-likeness (QED) is 0.771. The predicted octanol–water partition coefficient (Wildman–Crippen LogP) is 3.94. The smallest absolute Gasteiger partial charge is 0.0861 e. The molecule has 1 fully saturated rings. The van der Waals surface area contributed by atoms with Crippen molar-refractivity contribution in [2.24, 2.45) is 11.8 Å². The maximum atomic E-state index is 10.5. The van der Waals surface area contributed by atoms with Crippen LogP contribution >= 0.6 is 0 Å². The van der Waals surface area contributed by atoms with Crippen molar-refractivity contribution in [3.63, 3.8) is 0 Å². The fourth-order valence-corrected chi connectivity index (χ4v) is 3.39. The lowest BCUT2D eigenvalue weighted by atomic mass is 9.73. The number of hydrogen-bond donors (Lipinski definition) is 1. The van der Waals surface area contributed by atoms with Crippen LogP contribution in [0.5, 0.6) is 0 Å². The van der Waals surface area contributed by atoms with Gasteiger partial charge in [-0.05, 0) is 29.9 Å². The Morgan fingerprint density at radius 2 is 1.76 bits per heavy atom. The van der Waals surface area contributed by atoms with E-state index in [1.54, 1.807) is 0 Å². The number of fused-ring (bicyclic) bond motifs is 1. The molecule has 0 spiro atoms. The van der Waals surface area contributed by atoms with Gasteiger partial charge >= 0.3 is 0 Å². The summed E-state index contributed by atoms with van der Waals surface area (Å²) in [5.74, 6) is 1.02. The van der Waals surface area contributed by atoms with Crippen LogP contribution in [0.25, 0.3) is 6.08 Å². The molecule has 1 N–H and O–H groups in total. The second-order valence-corrected chi connectivity index (χ2v) is 5.41. The lowest BCUT2D eigenvalue weighted by Gasteiger charge is -2.34. The molecule has 1 aromatic carbocycles. The molecule has 17 heavy (non-hydrogen) atoms. The Bertz CT molecular complexity index is 415. The molecule has 1 aromatic rings. The van der Waals surface area contributed by atoms with E-state index in [1.165, 1.54) is 37.7 Å². The Morgan fingerprint density at radius 3 is 2.59 bits per heavy atom. The van der Waals surface area contributed by atoms with E-state index >= 15 is 0 Å². The standard InChI is InChI=1S/C16H20O/c17-16-14-9-5-4-8-13(14)10-11-15(16)12-6-2-1-3-7-12/h4-5,8-12,15-17H,1-3,6-7H2/t15-,16+/m0/s1. The number of rotatable bonds is 1. The molecule has 1 saturated carbocycles. The number of benzene rings is 1. The van der Waals surface area contributed by atoms with Gasteiger partial charge in [0.1, 0.15) is 0 Å². The second kappa shape index (κ2) is 4.66. The van der Waals surface area contributed by atoms with Gasteiger partial charge in [0.15, 0.2) is 0 Å². The first-order valence-corrected chi connectivity index (χ1v) is 6.81. The zero-order chi connectivity index (χ0) is 11.7. The molecule has 90 valence electrons. The van der Waals surface area contributed by atoms with Crippen LogP contribution in [0.3, 0.4) is 0 Å². The molecule has 1 nitrogen and oxygen atoms in total. The Labute approximate surface area is 103 Å². The maximum absolute atomic E-state index is 10.5.